The predicted octanol–water partition coefficient (Wildman–Crippen LogP) is 2.90. The number of fused-ring (bicyclic) bond motifs is 1. The maximum absolute atomic E-state index is 12.2. The Morgan fingerprint density at radius 3 is 2.68 bits per heavy atom. The van der Waals surface area contributed by atoms with E-state index in [1.54, 1.807) is 11.3 Å². The lowest BCUT2D eigenvalue weighted by Gasteiger charge is -2.26. The average Bonchev–Trinajstić information content (AvgIpc) is 2.85. The Labute approximate surface area is 116 Å². The largest absolute Gasteiger partial charge is 0.349 e. The lowest BCUT2D eigenvalue weighted by Crippen LogP contribution is -2.40. The van der Waals surface area contributed by atoms with Crippen molar-refractivity contribution in [2.45, 2.75) is 37.8 Å². The van der Waals surface area contributed by atoms with Gasteiger partial charge in [0, 0.05) is 16.8 Å². The summed E-state index contributed by atoms with van der Waals surface area (Å²) in [5, 5.41) is 4.27. The van der Waals surface area contributed by atoms with E-state index < -0.39 is 0 Å². The van der Waals surface area contributed by atoms with Gasteiger partial charge in [-0.15, -0.1) is 11.3 Å². The van der Waals surface area contributed by atoms with Crippen LogP contribution in [0.25, 0.3) is 10.1 Å². The molecule has 1 aliphatic rings. The van der Waals surface area contributed by atoms with Crippen LogP contribution in [-0.2, 0) is 0 Å². The van der Waals surface area contributed by atoms with E-state index in [4.69, 9.17) is 5.73 Å². The van der Waals surface area contributed by atoms with Gasteiger partial charge >= 0.3 is 0 Å². The fourth-order valence-corrected chi connectivity index (χ4v) is 3.58. The first-order valence-electron chi connectivity index (χ1n) is 6.77. The second-order valence-corrected chi connectivity index (χ2v) is 6.32. The number of nitrogens with one attached hydrogen (secondary N) is 1. The third-order valence-corrected chi connectivity index (χ3v) is 4.87. The second-order valence-electron chi connectivity index (χ2n) is 5.23. The number of rotatable bonds is 2. The standard InChI is InChI=1S/C15H18N2OS/c16-11-5-7-12(8-6-11)17-15(18)14-9-10-3-1-2-4-13(10)19-14/h1-4,9,11-12H,5-8,16H2,(H,17,18). The van der Waals surface area contributed by atoms with Gasteiger partial charge < -0.3 is 11.1 Å². The van der Waals surface area contributed by atoms with Crippen LogP contribution in [0.5, 0.6) is 0 Å². The van der Waals surface area contributed by atoms with Crippen molar-refractivity contribution in [2.24, 2.45) is 5.73 Å². The Bertz CT molecular complexity index is 552. The van der Waals surface area contributed by atoms with Gasteiger partial charge in [0.25, 0.3) is 5.91 Å². The van der Waals surface area contributed by atoms with Crippen LogP contribution in [0.15, 0.2) is 30.3 Å². The van der Waals surface area contributed by atoms with Crippen molar-refractivity contribution in [3.63, 3.8) is 0 Å². The number of amides is 1. The first-order valence-corrected chi connectivity index (χ1v) is 7.59. The summed E-state index contributed by atoms with van der Waals surface area (Å²) < 4.78 is 1.17. The quantitative estimate of drug-likeness (QED) is 0.884. The van der Waals surface area contributed by atoms with E-state index in [-0.39, 0.29) is 11.9 Å². The van der Waals surface area contributed by atoms with Crippen LogP contribution in [0.1, 0.15) is 35.4 Å². The minimum atomic E-state index is 0.0571. The number of hydrogen-bond acceptors (Lipinski definition) is 3. The Balaban J connectivity index is 1.70. The molecular formula is C15H18N2OS. The van der Waals surface area contributed by atoms with Crippen LogP contribution in [0.3, 0.4) is 0 Å². The van der Waals surface area contributed by atoms with Gasteiger partial charge in [-0.1, -0.05) is 18.2 Å². The highest BCUT2D eigenvalue weighted by Gasteiger charge is 2.21. The van der Waals surface area contributed by atoms with Gasteiger partial charge in [-0.05, 0) is 43.2 Å². The molecule has 100 valence electrons. The van der Waals surface area contributed by atoms with Gasteiger partial charge in [-0.25, -0.2) is 0 Å². The second kappa shape index (κ2) is 5.31. The van der Waals surface area contributed by atoms with Crippen molar-refractivity contribution >= 4 is 27.3 Å². The Kier molecular flexibility index (Phi) is 3.53. The summed E-state index contributed by atoms with van der Waals surface area (Å²) in [6.07, 6.45) is 4.02. The van der Waals surface area contributed by atoms with Crippen LogP contribution in [0, 0.1) is 0 Å². The first kappa shape index (κ1) is 12.6. The molecule has 1 aromatic heterocycles. The third kappa shape index (κ3) is 2.80. The zero-order valence-electron chi connectivity index (χ0n) is 10.8. The monoisotopic (exact) mass is 274 g/mol. The molecule has 1 saturated carbocycles. The Hall–Kier alpha value is -1.39. The molecule has 1 aliphatic carbocycles. The summed E-state index contributed by atoms with van der Waals surface area (Å²) in [6.45, 7) is 0. The molecule has 0 spiro atoms. The SMILES string of the molecule is NC1CCC(NC(=O)c2cc3ccccc3s2)CC1. The molecule has 1 heterocycles. The van der Waals surface area contributed by atoms with E-state index in [0.29, 0.717) is 6.04 Å². The highest BCUT2D eigenvalue weighted by molar-refractivity contribution is 7.20. The van der Waals surface area contributed by atoms with Gasteiger partial charge in [-0.3, -0.25) is 4.79 Å². The Morgan fingerprint density at radius 2 is 1.95 bits per heavy atom. The molecule has 0 saturated heterocycles. The topological polar surface area (TPSA) is 55.1 Å². The third-order valence-electron chi connectivity index (χ3n) is 3.76. The van der Waals surface area contributed by atoms with Crippen molar-refractivity contribution in [2.75, 3.05) is 0 Å². The minimum absolute atomic E-state index is 0.0571. The maximum atomic E-state index is 12.2. The Morgan fingerprint density at radius 1 is 1.21 bits per heavy atom. The molecule has 4 heteroatoms. The number of carbonyl (C=O) groups excluding carboxylic acids is 1. The molecule has 3 N–H and O–H groups in total. The molecule has 1 aromatic carbocycles. The van der Waals surface area contributed by atoms with Gasteiger partial charge in [0.05, 0.1) is 4.88 Å². The molecule has 2 aromatic rings. The molecule has 1 fully saturated rings. The van der Waals surface area contributed by atoms with Gasteiger partial charge in [0.1, 0.15) is 0 Å². The van der Waals surface area contributed by atoms with Crippen molar-refractivity contribution in [3.8, 4) is 0 Å². The molecule has 0 bridgehead atoms. The van der Waals surface area contributed by atoms with Crippen LogP contribution in [-0.4, -0.2) is 18.0 Å². The summed E-state index contributed by atoms with van der Waals surface area (Å²) in [7, 11) is 0. The number of hydrogen-bond donors (Lipinski definition) is 2. The van der Waals surface area contributed by atoms with Crippen LogP contribution in [0.4, 0.5) is 0 Å². The summed E-state index contributed by atoms with van der Waals surface area (Å²) in [5.41, 5.74) is 5.88. The van der Waals surface area contributed by atoms with E-state index >= 15 is 0 Å². The number of benzene rings is 1. The lowest BCUT2D eigenvalue weighted by molar-refractivity contribution is 0.0930. The van der Waals surface area contributed by atoms with Crippen molar-refractivity contribution < 1.29 is 4.79 Å². The normalized spacial score (nSPS) is 23.4. The fourth-order valence-electron chi connectivity index (χ4n) is 2.61. The van der Waals surface area contributed by atoms with Crippen LogP contribution in [0.2, 0.25) is 0 Å². The molecule has 0 radical (unpaired) electrons. The van der Waals surface area contributed by atoms with Crippen molar-refractivity contribution in [1.82, 2.24) is 5.32 Å². The van der Waals surface area contributed by atoms with E-state index in [9.17, 15) is 4.79 Å². The summed E-state index contributed by atoms with van der Waals surface area (Å²) in [6, 6.07) is 10.7. The zero-order valence-corrected chi connectivity index (χ0v) is 11.6. The summed E-state index contributed by atoms with van der Waals surface area (Å²) >= 11 is 1.56. The summed E-state index contributed by atoms with van der Waals surface area (Å²) in [5.74, 6) is 0.0571. The van der Waals surface area contributed by atoms with Crippen molar-refractivity contribution in [1.29, 1.82) is 0 Å². The molecule has 3 nitrogen and oxygen atoms in total. The fraction of sp³-hybridized carbons (Fsp3) is 0.400. The van der Waals surface area contributed by atoms with Crippen molar-refractivity contribution in [3.05, 3.63) is 35.2 Å². The van der Waals surface area contributed by atoms with E-state index in [1.165, 1.54) is 4.70 Å². The van der Waals surface area contributed by atoms with Crippen LogP contribution >= 0.6 is 11.3 Å². The molecule has 0 atom stereocenters. The maximum Gasteiger partial charge on any atom is 0.261 e. The van der Waals surface area contributed by atoms with Crippen LogP contribution < -0.4 is 11.1 Å². The highest BCUT2D eigenvalue weighted by atomic mass is 32.1. The van der Waals surface area contributed by atoms with E-state index in [2.05, 4.69) is 11.4 Å². The van der Waals surface area contributed by atoms with Gasteiger partial charge in [-0.2, -0.15) is 0 Å². The molecule has 19 heavy (non-hydrogen) atoms. The number of nitrogens with two attached hydrogens (primary N) is 1. The van der Waals surface area contributed by atoms with Gasteiger partial charge in [0.15, 0.2) is 0 Å². The first-order chi connectivity index (χ1) is 9.22. The van der Waals surface area contributed by atoms with Gasteiger partial charge in [0.2, 0.25) is 0 Å². The van der Waals surface area contributed by atoms with E-state index in [1.807, 2.05) is 24.3 Å². The molecule has 0 unspecified atom stereocenters. The number of thiophene rings is 1. The van der Waals surface area contributed by atoms with E-state index in [0.717, 1.165) is 35.9 Å². The molecule has 1 amide bonds. The molecule has 3 rings (SSSR count). The molecule has 0 aliphatic heterocycles. The lowest BCUT2D eigenvalue weighted by atomic mass is 9.92. The number of carbonyl (C=O) groups is 1. The molecular weight excluding hydrogens is 256 g/mol. The predicted molar refractivity (Wildman–Crippen MR) is 79.5 cm³/mol. The summed E-state index contributed by atoms with van der Waals surface area (Å²) in [4.78, 5) is 13.0. The zero-order chi connectivity index (χ0) is 13.2. The highest BCUT2D eigenvalue weighted by Crippen LogP contribution is 2.25. The smallest absolute Gasteiger partial charge is 0.261 e. The minimum Gasteiger partial charge on any atom is -0.349 e. The average molecular weight is 274 g/mol.